The van der Waals surface area contributed by atoms with Gasteiger partial charge in [0.2, 0.25) is 0 Å². The van der Waals surface area contributed by atoms with E-state index >= 15 is 0 Å². The number of carbonyl (C=O) groups is 2. The first kappa shape index (κ1) is 24.4. The van der Waals surface area contributed by atoms with Crippen LogP contribution < -0.4 is 9.64 Å². The van der Waals surface area contributed by atoms with Crippen molar-refractivity contribution >= 4 is 103 Å². The lowest BCUT2D eigenvalue weighted by atomic mass is 10.2. The second-order valence-electron chi connectivity index (χ2n) is 6.02. The van der Waals surface area contributed by atoms with Crippen molar-refractivity contribution in [2.75, 3.05) is 18.1 Å². The van der Waals surface area contributed by atoms with Crippen LogP contribution in [0.3, 0.4) is 0 Å². The molecule has 0 unspecified atom stereocenters. The molecule has 2 aromatic rings. The quantitative estimate of drug-likeness (QED) is 0.214. The van der Waals surface area contributed by atoms with Crippen LogP contribution in [0.15, 0.2) is 39.7 Å². The minimum absolute atomic E-state index is 0.158. The molecule has 31 heavy (non-hydrogen) atoms. The molecule has 1 amide bonds. The maximum atomic E-state index is 12.9. The lowest BCUT2D eigenvalue weighted by Gasteiger charge is -2.15. The predicted octanol–water partition coefficient (Wildman–Crippen LogP) is 6.76. The highest BCUT2D eigenvalue weighted by atomic mass is 79.9. The van der Waals surface area contributed by atoms with Gasteiger partial charge in [-0.2, -0.15) is 0 Å². The van der Waals surface area contributed by atoms with Gasteiger partial charge in [-0.05, 0) is 64.8 Å². The second-order valence-corrected chi connectivity index (χ2v) is 9.77. The molecule has 0 bridgehead atoms. The number of anilines is 1. The third kappa shape index (κ3) is 5.74. The van der Waals surface area contributed by atoms with Gasteiger partial charge in [0.05, 0.1) is 32.3 Å². The Kier molecular flexibility index (Phi) is 8.29. The van der Waals surface area contributed by atoms with E-state index in [0.717, 1.165) is 11.8 Å². The molecule has 1 heterocycles. The zero-order chi connectivity index (χ0) is 22.7. The number of rotatable bonds is 6. The molecule has 0 radical (unpaired) electrons. The van der Waals surface area contributed by atoms with Gasteiger partial charge in [-0.25, -0.2) is 4.79 Å². The molecule has 0 spiro atoms. The van der Waals surface area contributed by atoms with Gasteiger partial charge in [-0.3, -0.25) is 9.69 Å². The van der Waals surface area contributed by atoms with Crippen LogP contribution >= 0.6 is 74.7 Å². The monoisotopic (exact) mass is 579 g/mol. The van der Waals surface area contributed by atoms with Crippen LogP contribution in [-0.4, -0.2) is 29.4 Å². The second kappa shape index (κ2) is 10.6. The van der Waals surface area contributed by atoms with E-state index in [9.17, 15) is 9.59 Å². The number of nitrogens with zero attached hydrogens (tertiary/aromatic N) is 1. The van der Waals surface area contributed by atoms with Gasteiger partial charge in [-0.15, -0.1) is 0 Å². The van der Waals surface area contributed by atoms with Crippen LogP contribution in [0.25, 0.3) is 6.08 Å². The van der Waals surface area contributed by atoms with Crippen LogP contribution in [0.2, 0.25) is 15.1 Å². The molecule has 5 nitrogen and oxygen atoms in total. The average Bonchev–Trinajstić information content (AvgIpc) is 2.97. The SMILES string of the molecule is CCOC(=O)COc1c(Cl)cc(/C=C2\SC(=S)N(c3ccc(Br)c(Cl)c3)C2=O)cc1Cl. The summed E-state index contributed by atoms with van der Waals surface area (Å²) in [6, 6.07) is 8.30. The maximum Gasteiger partial charge on any atom is 0.344 e. The van der Waals surface area contributed by atoms with Crippen LogP contribution in [0.4, 0.5) is 5.69 Å². The van der Waals surface area contributed by atoms with Crippen LogP contribution in [-0.2, 0) is 14.3 Å². The molecule has 0 aliphatic carbocycles. The summed E-state index contributed by atoms with van der Waals surface area (Å²) in [5.74, 6) is -0.663. The number of hydrogen-bond acceptors (Lipinski definition) is 6. The lowest BCUT2D eigenvalue weighted by molar-refractivity contribution is -0.145. The van der Waals surface area contributed by atoms with Crippen molar-refractivity contribution in [3.05, 3.63) is 60.3 Å². The highest BCUT2D eigenvalue weighted by molar-refractivity contribution is 9.10. The largest absolute Gasteiger partial charge is 0.479 e. The van der Waals surface area contributed by atoms with E-state index in [1.807, 2.05) is 0 Å². The molecule has 1 fully saturated rings. The Morgan fingerprint density at radius 3 is 2.48 bits per heavy atom. The van der Waals surface area contributed by atoms with Crippen LogP contribution in [0, 0.1) is 0 Å². The first-order chi connectivity index (χ1) is 14.7. The number of amides is 1. The molecular formula is C20H13BrCl3NO4S2. The van der Waals surface area contributed by atoms with Gasteiger partial charge in [0.25, 0.3) is 5.91 Å². The third-order valence-corrected chi connectivity index (χ3v) is 7.01. The molecule has 3 rings (SSSR count). The summed E-state index contributed by atoms with van der Waals surface area (Å²) in [4.78, 5) is 26.2. The number of ether oxygens (including phenoxy) is 2. The zero-order valence-electron chi connectivity index (χ0n) is 15.8. The van der Waals surface area contributed by atoms with Crippen molar-refractivity contribution in [1.82, 2.24) is 0 Å². The number of halogens is 4. The molecule has 0 N–H and O–H groups in total. The zero-order valence-corrected chi connectivity index (χ0v) is 21.3. The molecule has 1 aliphatic rings. The van der Waals surface area contributed by atoms with Crippen molar-refractivity contribution in [1.29, 1.82) is 0 Å². The predicted molar refractivity (Wildman–Crippen MR) is 133 cm³/mol. The van der Waals surface area contributed by atoms with Crippen molar-refractivity contribution in [2.45, 2.75) is 6.92 Å². The van der Waals surface area contributed by atoms with Crippen molar-refractivity contribution in [3.8, 4) is 5.75 Å². The Hall–Kier alpha value is -1.29. The van der Waals surface area contributed by atoms with E-state index in [2.05, 4.69) is 15.9 Å². The molecular weight excluding hydrogens is 569 g/mol. The highest BCUT2D eigenvalue weighted by Gasteiger charge is 2.33. The average molecular weight is 582 g/mol. The van der Waals surface area contributed by atoms with Crippen LogP contribution in [0.1, 0.15) is 12.5 Å². The van der Waals surface area contributed by atoms with Gasteiger partial charge in [0, 0.05) is 4.47 Å². The van der Waals surface area contributed by atoms with E-state index < -0.39 is 5.97 Å². The third-order valence-electron chi connectivity index (χ3n) is 3.91. The molecule has 0 saturated carbocycles. The Labute approximate surface area is 211 Å². The molecule has 1 saturated heterocycles. The summed E-state index contributed by atoms with van der Waals surface area (Å²) in [5.41, 5.74) is 1.14. The van der Waals surface area contributed by atoms with E-state index in [1.54, 1.807) is 43.3 Å². The Balaban J connectivity index is 1.83. The summed E-state index contributed by atoms with van der Waals surface area (Å²) in [6.07, 6.45) is 1.63. The molecule has 162 valence electrons. The van der Waals surface area contributed by atoms with Gasteiger partial charge < -0.3 is 9.47 Å². The minimum Gasteiger partial charge on any atom is -0.479 e. The van der Waals surface area contributed by atoms with E-state index in [0.29, 0.717) is 30.0 Å². The summed E-state index contributed by atoms with van der Waals surface area (Å²) in [5, 5.41) is 0.851. The lowest BCUT2D eigenvalue weighted by Crippen LogP contribution is -2.27. The summed E-state index contributed by atoms with van der Waals surface area (Å²) in [7, 11) is 0. The number of thioether (sulfide) groups is 1. The normalized spacial score (nSPS) is 15.0. The van der Waals surface area contributed by atoms with E-state index in [-0.39, 0.29) is 34.9 Å². The molecule has 0 atom stereocenters. The Morgan fingerprint density at radius 1 is 1.19 bits per heavy atom. The summed E-state index contributed by atoms with van der Waals surface area (Å²) in [6.45, 7) is 1.62. The molecule has 2 aromatic carbocycles. The number of carbonyl (C=O) groups excluding carboxylic acids is 2. The van der Waals surface area contributed by atoms with Gasteiger partial charge >= 0.3 is 5.97 Å². The number of thiocarbonyl (C=S) groups is 1. The number of hydrogen-bond donors (Lipinski definition) is 0. The standard InChI is InChI=1S/C20H13BrCl3NO4S2/c1-2-28-17(26)9-29-18-14(23)5-10(6-15(18)24)7-16-19(27)25(20(30)31-16)11-3-4-12(21)13(22)8-11/h3-8H,2,9H2,1H3/b16-7-. The molecule has 11 heteroatoms. The fourth-order valence-corrected chi connectivity index (χ4v) is 4.93. The maximum absolute atomic E-state index is 12.9. The minimum atomic E-state index is -0.532. The highest BCUT2D eigenvalue weighted by Crippen LogP contribution is 2.40. The first-order valence-electron chi connectivity index (χ1n) is 8.71. The van der Waals surface area contributed by atoms with Gasteiger partial charge in [0.15, 0.2) is 16.7 Å². The van der Waals surface area contributed by atoms with E-state index in [4.69, 9.17) is 56.5 Å². The van der Waals surface area contributed by atoms with Crippen molar-refractivity contribution in [2.24, 2.45) is 0 Å². The first-order valence-corrected chi connectivity index (χ1v) is 11.9. The molecule has 0 aromatic heterocycles. The van der Waals surface area contributed by atoms with Crippen molar-refractivity contribution in [3.63, 3.8) is 0 Å². The number of esters is 1. The summed E-state index contributed by atoms with van der Waals surface area (Å²) >= 11 is 28.5. The van der Waals surface area contributed by atoms with Crippen LogP contribution in [0.5, 0.6) is 5.75 Å². The fraction of sp³-hybridized carbons (Fsp3) is 0.150. The topological polar surface area (TPSA) is 55.8 Å². The van der Waals surface area contributed by atoms with E-state index in [1.165, 1.54) is 4.90 Å². The smallest absolute Gasteiger partial charge is 0.344 e. The van der Waals surface area contributed by atoms with Gasteiger partial charge in [-0.1, -0.05) is 58.8 Å². The van der Waals surface area contributed by atoms with Crippen molar-refractivity contribution < 1.29 is 19.1 Å². The van der Waals surface area contributed by atoms with Gasteiger partial charge in [0.1, 0.15) is 0 Å². The summed E-state index contributed by atoms with van der Waals surface area (Å²) < 4.78 is 11.3. The Bertz CT molecular complexity index is 1090. The molecule has 1 aliphatic heterocycles. The Morgan fingerprint density at radius 2 is 1.87 bits per heavy atom. The number of benzene rings is 2. The fourth-order valence-electron chi connectivity index (χ4n) is 2.60.